The minimum absolute atomic E-state index is 0.0559. The van der Waals surface area contributed by atoms with E-state index in [1.165, 1.54) is 16.2 Å². The molecular formula is C24H29N5O2S. The standard InChI is InChI=1S/C24H29N5O2S/c1-13-6-7-17-16(10-13)20(21(27-17)22(25)30)14-4-3-5-15(11-14)26-23(31)24-28-18-8-9-29(2)12-19(18)32-24/h6-7,10,14-15,27H,3-5,8-9,11-12H2,1-2H3,(H2,25,30)(H,26,31)/t14?,15-/m1/s1. The summed E-state index contributed by atoms with van der Waals surface area (Å²) in [5.41, 5.74) is 10.4. The highest BCUT2D eigenvalue weighted by Crippen LogP contribution is 2.39. The van der Waals surface area contributed by atoms with Crippen LogP contribution in [0.25, 0.3) is 10.9 Å². The van der Waals surface area contributed by atoms with E-state index >= 15 is 0 Å². The van der Waals surface area contributed by atoms with Crippen molar-refractivity contribution in [2.75, 3.05) is 13.6 Å². The summed E-state index contributed by atoms with van der Waals surface area (Å²) in [4.78, 5) is 36.5. The van der Waals surface area contributed by atoms with Crippen molar-refractivity contribution >= 4 is 34.1 Å². The number of aromatic amines is 1. The predicted octanol–water partition coefficient (Wildman–Crippen LogP) is 3.48. The van der Waals surface area contributed by atoms with Crippen molar-refractivity contribution in [1.29, 1.82) is 0 Å². The van der Waals surface area contributed by atoms with Crippen LogP contribution in [0.1, 0.15) is 73.6 Å². The van der Waals surface area contributed by atoms with Gasteiger partial charge in [0.1, 0.15) is 5.69 Å². The van der Waals surface area contributed by atoms with Crippen LogP contribution in [0.5, 0.6) is 0 Å². The number of amides is 2. The van der Waals surface area contributed by atoms with Crippen LogP contribution in [0.2, 0.25) is 0 Å². The highest BCUT2D eigenvalue weighted by atomic mass is 32.1. The van der Waals surface area contributed by atoms with E-state index in [1.807, 2.05) is 12.1 Å². The fourth-order valence-electron chi connectivity index (χ4n) is 5.20. The van der Waals surface area contributed by atoms with Gasteiger partial charge < -0.3 is 20.9 Å². The number of aromatic nitrogens is 2. The Kier molecular flexibility index (Phi) is 5.51. The van der Waals surface area contributed by atoms with Gasteiger partial charge >= 0.3 is 0 Å². The Hall–Kier alpha value is -2.71. The number of aryl methyl sites for hydroxylation is 1. The minimum Gasteiger partial charge on any atom is -0.364 e. The third kappa shape index (κ3) is 3.93. The van der Waals surface area contributed by atoms with Crippen LogP contribution in [0.15, 0.2) is 18.2 Å². The Morgan fingerprint density at radius 1 is 1.31 bits per heavy atom. The average molecular weight is 452 g/mol. The number of thiazole rings is 1. The molecule has 0 saturated heterocycles. The molecule has 2 aromatic heterocycles. The molecule has 0 bridgehead atoms. The van der Waals surface area contributed by atoms with Gasteiger partial charge in [0.25, 0.3) is 11.8 Å². The number of likely N-dealkylation sites (N-methyl/N-ethyl adjacent to an activating group) is 1. The van der Waals surface area contributed by atoms with E-state index in [0.29, 0.717) is 10.7 Å². The summed E-state index contributed by atoms with van der Waals surface area (Å²) in [5.74, 6) is -0.341. The quantitative estimate of drug-likeness (QED) is 0.565. The number of fused-ring (bicyclic) bond motifs is 2. The van der Waals surface area contributed by atoms with Crippen LogP contribution in [-0.2, 0) is 13.0 Å². The van der Waals surface area contributed by atoms with E-state index in [9.17, 15) is 9.59 Å². The second kappa shape index (κ2) is 8.33. The van der Waals surface area contributed by atoms with Crippen molar-refractivity contribution in [1.82, 2.24) is 20.2 Å². The van der Waals surface area contributed by atoms with Crippen LogP contribution in [0, 0.1) is 6.92 Å². The molecule has 2 aliphatic rings. The van der Waals surface area contributed by atoms with Crippen molar-refractivity contribution in [2.45, 2.75) is 57.5 Å². The zero-order chi connectivity index (χ0) is 22.4. The van der Waals surface area contributed by atoms with Gasteiger partial charge in [-0.1, -0.05) is 18.1 Å². The van der Waals surface area contributed by atoms with Crippen LogP contribution < -0.4 is 11.1 Å². The molecule has 1 saturated carbocycles. The van der Waals surface area contributed by atoms with Gasteiger partial charge in [-0.05, 0) is 56.8 Å². The molecule has 1 unspecified atom stereocenters. The third-order valence-electron chi connectivity index (χ3n) is 6.77. The van der Waals surface area contributed by atoms with E-state index in [2.05, 4.69) is 40.2 Å². The van der Waals surface area contributed by atoms with E-state index in [4.69, 9.17) is 5.73 Å². The zero-order valence-electron chi connectivity index (χ0n) is 18.5. The topological polar surface area (TPSA) is 104 Å². The van der Waals surface area contributed by atoms with E-state index in [0.717, 1.165) is 72.9 Å². The summed E-state index contributed by atoms with van der Waals surface area (Å²) in [6, 6.07) is 6.21. The van der Waals surface area contributed by atoms with Crippen LogP contribution in [-0.4, -0.2) is 46.3 Å². The average Bonchev–Trinajstić information content (AvgIpc) is 3.35. The number of nitrogens with two attached hydrogens (primary N) is 1. The first kappa shape index (κ1) is 21.2. The summed E-state index contributed by atoms with van der Waals surface area (Å²) in [7, 11) is 2.09. The lowest BCUT2D eigenvalue weighted by atomic mass is 9.80. The molecule has 0 radical (unpaired) electrons. The van der Waals surface area contributed by atoms with Gasteiger partial charge in [0.15, 0.2) is 5.01 Å². The normalized spacial score (nSPS) is 21.4. The number of rotatable bonds is 4. The fourth-order valence-corrected chi connectivity index (χ4v) is 6.29. The number of primary amides is 1. The lowest BCUT2D eigenvalue weighted by Crippen LogP contribution is -2.38. The molecule has 8 heteroatoms. The van der Waals surface area contributed by atoms with Crippen molar-refractivity contribution in [3.05, 3.63) is 50.6 Å². The molecule has 5 rings (SSSR count). The molecule has 3 aromatic rings. The number of hydrogen-bond acceptors (Lipinski definition) is 5. The molecule has 1 aromatic carbocycles. The van der Waals surface area contributed by atoms with Gasteiger partial charge in [0, 0.05) is 41.3 Å². The monoisotopic (exact) mass is 451 g/mol. The molecule has 4 N–H and O–H groups in total. The molecule has 0 spiro atoms. The maximum atomic E-state index is 13.0. The molecular weight excluding hydrogens is 422 g/mol. The number of carbonyl (C=O) groups excluding carboxylic acids is 2. The Labute approximate surface area is 191 Å². The van der Waals surface area contributed by atoms with Crippen molar-refractivity contribution in [2.24, 2.45) is 5.73 Å². The van der Waals surface area contributed by atoms with Gasteiger partial charge in [-0.2, -0.15) is 0 Å². The first-order valence-electron chi connectivity index (χ1n) is 11.3. The van der Waals surface area contributed by atoms with Crippen molar-refractivity contribution in [3.8, 4) is 0 Å². The second-order valence-corrected chi connectivity index (χ2v) is 10.3. The largest absolute Gasteiger partial charge is 0.364 e. The third-order valence-corrected chi connectivity index (χ3v) is 7.86. The van der Waals surface area contributed by atoms with Crippen molar-refractivity contribution in [3.63, 3.8) is 0 Å². The highest BCUT2D eigenvalue weighted by Gasteiger charge is 2.31. The summed E-state index contributed by atoms with van der Waals surface area (Å²) in [6.45, 7) is 3.89. The maximum Gasteiger partial charge on any atom is 0.280 e. The Morgan fingerprint density at radius 3 is 2.97 bits per heavy atom. The highest BCUT2D eigenvalue weighted by molar-refractivity contribution is 7.13. The first-order valence-corrected chi connectivity index (χ1v) is 12.1. The molecule has 1 fully saturated rings. The molecule has 1 aliphatic carbocycles. The molecule has 1 aliphatic heterocycles. The van der Waals surface area contributed by atoms with Crippen LogP contribution in [0.3, 0.4) is 0 Å². The lowest BCUT2D eigenvalue weighted by Gasteiger charge is -2.30. The van der Waals surface area contributed by atoms with E-state index in [1.54, 1.807) is 0 Å². The number of nitrogens with zero attached hydrogens (tertiary/aromatic N) is 2. The molecule has 7 nitrogen and oxygen atoms in total. The van der Waals surface area contributed by atoms with E-state index < -0.39 is 5.91 Å². The second-order valence-electron chi connectivity index (χ2n) is 9.24. The zero-order valence-corrected chi connectivity index (χ0v) is 19.3. The maximum absolute atomic E-state index is 13.0. The Bertz CT molecular complexity index is 1200. The number of nitrogens with one attached hydrogen (secondary N) is 2. The first-order chi connectivity index (χ1) is 15.4. The van der Waals surface area contributed by atoms with Crippen LogP contribution >= 0.6 is 11.3 Å². The predicted molar refractivity (Wildman–Crippen MR) is 126 cm³/mol. The van der Waals surface area contributed by atoms with Gasteiger partial charge in [0.05, 0.1) is 5.69 Å². The van der Waals surface area contributed by atoms with Crippen LogP contribution in [0.4, 0.5) is 0 Å². The Balaban J connectivity index is 1.36. The van der Waals surface area contributed by atoms with Gasteiger partial charge in [0.2, 0.25) is 0 Å². The number of H-pyrrole nitrogens is 1. The smallest absolute Gasteiger partial charge is 0.280 e. The van der Waals surface area contributed by atoms with E-state index in [-0.39, 0.29) is 17.9 Å². The molecule has 2 amide bonds. The molecule has 168 valence electrons. The number of carbonyl (C=O) groups is 2. The molecule has 3 heterocycles. The fraction of sp³-hybridized carbons (Fsp3) is 0.458. The van der Waals surface area contributed by atoms with Crippen molar-refractivity contribution < 1.29 is 9.59 Å². The summed E-state index contributed by atoms with van der Waals surface area (Å²) < 4.78 is 0. The molecule has 2 atom stereocenters. The summed E-state index contributed by atoms with van der Waals surface area (Å²) in [6.07, 6.45) is 4.60. The Morgan fingerprint density at radius 2 is 2.16 bits per heavy atom. The summed E-state index contributed by atoms with van der Waals surface area (Å²) >= 11 is 1.51. The number of benzene rings is 1. The van der Waals surface area contributed by atoms with Gasteiger partial charge in [-0.3, -0.25) is 9.59 Å². The SMILES string of the molecule is Cc1ccc2[nH]c(C(N)=O)c(C3CCC[C@@H](NC(=O)c4nc5c(s4)CN(C)CC5)C3)c2c1. The van der Waals surface area contributed by atoms with Gasteiger partial charge in [-0.15, -0.1) is 11.3 Å². The number of hydrogen-bond donors (Lipinski definition) is 3. The van der Waals surface area contributed by atoms with Gasteiger partial charge in [-0.25, -0.2) is 4.98 Å². The molecule has 32 heavy (non-hydrogen) atoms. The summed E-state index contributed by atoms with van der Waals surface area (Å²) in [5, 5.41) is 4.85. The lowest BCUT2D eigenvalue weighted by molar-refractivity contribution is 0.0922. The minimum atomic E-state index is -0.432.